The van der Waals surface area contributed by atoms with Gasteiger partial charge >= 0.3 is 0 Å². The summed E-state index contributed by atoms with van der Waals surface area (Å²) in [5.74, 6) is 0.727. The van der Waals surface area contributed by atoms with Gasteiger partial charge in [-0.25, -0.2) is 5.43 Å². The number of aryl methyl sites for hydroxylation is 1. The van der Waals surface area contributed by atoms with Gasteiger partial charge in [0.05, 0.1) is 15.6 Å². The van der Waals surface area contributed by atoms with Gasteiger partial charge in [0.2, 0.25) is 0 Å². The SMILES string of the molecule is Cc1oc(/C=N\NC(=O)c2ccc([N+](=O)[O-])cc2)cc1Br. The Bertz CT molecular complexity index is 687. The summed E-state index contributed by atoms with van der Waals surface area (Å²) in [6.45, 7) is 1.79. The van der Waals surface area contributed by atoms with Crippen LogP contribution in [0.3, 0.4) is 0 Å². The first-order chi connectivity index (χ1) is 9.97. The third-order valence-electron chi connectivity index (χ3n) is 2.57. The van der Waals surface area contributed by atoms with Crippen molar-refractivity contribution >= 4 is 33.7 Å². The molecule has 0 fully saturated rings. The number of hydrogen-bond acceptors (Lipinski definition) is 5. The molecule has 1 heterocycles. The van der Waals surface area contributed by atoms with Crippen LogP contribution < -0.4 is 5.43 Å². The molecule has 0 saturated carbocycles. The van der Waals surface area contributed by atoms with Crippen LogP contribution >= 0.6 is 15.9 Å². The summed E-state index contributed by atoms with van der Waals surface area (Å²) in [5, 5.41) is 14.3. The second kappa shape index (κ2) is 6.31. The molecular formula is C13H10BrN3O4. The zero-order valence-electron chi connectivity index (χ0n) is 10.9. The number of benzene rings is 1. The Balaban J connectivity index is 1.99. The number of carbonyl (C=O) groups excluding carboxylic acids is 1. The molecule has 0 saturated heterocycles. The Kier molecular flexibility index (Phi) is 4.49. The van der Waals surface area contributed by atoms with Crippen molar-refractivity contribution in [2.24, 2.45) is 5.10 Å². The number of carbonyl (C=O) groups is 1. The van der Waals surface area contributed by atoms with Gasteiger partial charge in [0.15, 0.2) is 0 Å². The van der Waals surface area contributed by atoms with Gasteiger partial charge in [-0.3, -0.25) is 14.9 Å². The number of non-ortho nitro benzene ring substituents is 1. The third-order valence-corrected chi connectivity index (χ3v) is 3.36. The Morgan fingerprint density at radius 3 is 2.62 bits per heavy atom. The number of nitrogens with one attached hydrogen (secondary N) is 1. The molecule has 0 aliphatic carbocycles. The Hall–Kier alpha value is -2.48. The lowest BCUT2D eigenvalue weighted by molar-refractivity contribution is -0.384. The summed E-state index contributed by atoms with van der Waals surface area (Å²) >= 11 is 3.29. The molecule has 0 aliphatic rings. The van der Waals surface area contributed by atoms with E-state index in [-0.39, 0.29) is 11.3 Å². The molecule has 108 valence electrons. The summed E-state index contributed by atoms with van der Waals surface area (Å²) in [6, 6.07) is 6.95. The minimum Gasteiger partial charge on any atom is -0.459 e. The molecular weight excluding hydrogens is 342 g/mol. The monoisotopic (exact) mass is 351 g/mol. The third kappa shape index (κ3) is 3.76. The highest BCUT2D eigenvalue weighted by Gasteiger charge is 2.08. The summed E-state index contributed by atoms with van der Waals surface area (Å²) in [6.07, 6.45) is 1.36. The van der Waals surface area contributed by atoms with E-state index in [9.17, 15) is 14.9 Å². The number of nitro benzene ring substituents is 1. The maximum Gasteiger partial charge on any atom is 0.271 e. The van der Waals surface area contributed by atoms with Gasteiger partial charge in [0, 0.05) is 23.8 Å². The van der Waals surface area contributed by atoms with Crippen molar-refractivity contribution in [3.63, 3.8) is 0 Å². The number of nitro groups is 1. The number of halogens is 1. The number of hydrogen-bond donors (Lipinski definition) is 1. The highest BCUT2D eigenvalue weighted by Crippen LogP contribution is 2.19. The average Bonchev–Trinajstić information content (AvgIpc) is 2.77. The first-order valence-corrected chi connectivity index (χ1v) is 6.60. The number of rotatable bonds is 4. The lowest BCUT2D eigenvalue weighted by Gasteiger charge is -1.98. The lowest BCUT2D eigenvalue weighted by atomic mass is 10.2. The molecule has 1 aromatic carbocycles. The van der Waals surface area contributed by atoms with E-state index in [1.54, 1.807) is 13.0 Å². The minimum absolute atomic E-state index is 0.0778. The molecule has 2 aromatic rings. The van der Waals surface area contributed by atoms with Crippen LogP contribution in [0, 0.1) is 17.0 Å². The van der Waals surface area contributed by atoms with Crippen molar-refractivity contribution in [1.82, 2.24) is 5.43 Å². The van der Waals surface area contributed by atoms with E-state index in [0.29, 0.717) is 11.5 Å². The number of hydrazone groups is 1. The standard InChI is InChI=1S/C13H10BrN3O4/c1-8-12(14)6-11(21-8)7-15-16-13(18)9-2-4-10(5-3-9)17(19)20/h2-7H,1H3,(H,16,18)/b15-7-. The second-order valence-electron chi connectivity index (χ2n) is 4.06. The van der Waals surface area contributed by atoms with Gasteiger partial charge in [0.1, 0.15) is 11.5 Å². The van der Waals surface area contributed by atoms with Gasteiger partial charge in [0.25, 0.3) is 11.6 Å². The van der Waals surface area contributed by atoms with Crippen molar-refractivity contribution in [3.05, 3.63) is 62.0 Å². The zero-order chi connectivity index (χ0) is 15.4. The summed E-state index contributed by atoms with van der Waals surface area (Å²) < 4.78 is 6.13. The molecule has 0 radical (unpaired) electrons. The van der Waals surface area contributed by atoms with Crippen LogP contribution in [-0.4, -0.2) is 17.0 Å². The van der Waals surface area contributed by atoms with E-state index in [4.69, 9.17) is 4.42 Å². The fourth-order valence-corrected chi connectivity index (χ4v) is 1.81. The maximum absolute atomic E-state index is 11.8. The van der Waals surface area contributed by atoms with Crippen molar-refractivity contribution < 1.29 is 14.1 Å². The predicted molar refractivity (Wildman–Crippen MR) is 79.3 cm³/mol. The van der Waals surface area contributed by atoms with Gasteiger partial charge in [-0.05, 0) is 35.0 Å². The molecule has 0 unspecified atom stereocenters. The number of nitrogens with zero attached hydrogens (tertiary/aromatic N) is 2. The predicted octanol–water partition coefficient (Wildman–Crippen LogP) is 3.02. The largest absolute Gasteiger partial charge is 0.459 e. The van der Waals surface area contributed by atoms with E-state index in [2.05, 4.69) is 26.5 Å². The molecule has 1 N–H and O–H groups in total. The quantitative estimate of drug-likeness (QED) is 0.519. The lowest BCUT2D eigenvalue weighted by Crippen LogP contribution is -2.17. The number of amides is 1. The fourth-order valence-electron chi connectivity index (χ4n) is 1.50. The maximum atomic E-state index is 11.8. The van der Waals surface area contributed by atoms with Crippen molar-refractivity contribution in [2.45, 2.75) is 6.92 Å². The van der Waals surface area contributed by atoms with Crippen molar-refractivity contribution in [1.29, 1.82) is 0 Å². The van der Waals surface area contributed by atoms with E-state index < -0.39 is 10.8 Å². The highest BCUT2D eigenvalue weighted by atomic mass is 79.9. The van der Waals surface area contributed by atoms with Crippen molar-refractivity contribution in [2.75, 3.05) is 0 Å². The normalized spacial score (nSPS) is 10.8. The first-order valence-electron chi connectivity index (χ1n) is 5.81. The minimum atomic E-state index is -0.531. The summed E-state index contributed by atoms with van der Waals surface area (Å²) in [5.41, 5.74) is 2.51. The zero-order valence-corrected chi connectivity index (χ0v) is 12.5. The highest BCUT2D eigenvalue weighted by molar-refractivity contribution is 9.10. The van der Waals surface area contributed by atoms with Crippen LogP contribution in [0.15, 0.2) is 44.3 Å². The Labute approximate surface area is 127 Å². The van der Waals surface area contributed by atoms with Crippen LogP contribution in [-0.2, 0) is 0 Å². The summed E-state index contributed by atoms with van der Waals surface area (Å²) in [7, 11) is 0. The van der Waals surface area contributed by atoms with Crippen LogP contribution in [0.1, 0.15) is 21.9 Å². The van der Waals surface area contributed by atoms with E-state index >= 15 is 0 Å². The van der Waals surface area contributed by atoms with Crippen molar-refractivity contribution in [3.8, 4) is 0 Å². The van der Waals surface area contributed by atoms with E-state index in [1.165, 1.54) is 30.5 Å². The van der Waals surface area contributed by atoms with Crippen LogP contribution in [0.4, 0.5) is 5.69 Å². The second-order valence-corrected chi connectivity index (χ2v) is 4.91. The average molecular weight is 352 g/mol. The van der Waals surface area contributed by atoms with E-state index in [0.717, 1.165) is 4.47 Å². The first kappa shape index (κ1) is 14.9. The molecule has 0 aliphatic heterocycles. The summed E-state index contributed by atoms with van der Waals surface area (Å²) in [4.78, 5) is 21.7. The molecule has 2 rings (SSSR count). The van der Waals surface area contributed by atoms with Crippen LogP contribution in [0.5, 0.6) is 0 Å². The fraction of sp³-hybridized carbons (Fsp3) is 0.0769. The van der Waals surface area contributed by atoms with Gasteiger partial charge in [-0.2, -0.15) is 5.10 Å². The molecule has 7 nitrogen and oxygen atoms in total. The van der Waals surface area contributed by atoms with Crippen LogP contribution in [0.25, 0.3) is 0 Å². The Morgan fingerprint density at radius 2 is 2.10 bits per heavy atom. The van der Waals surface area contributed by atoms with Gasteiger partial charge in [-0.15, -0.1) is 0 Å². The molecule has 0 bridgehead atoms. The van der Waals surface area contributed by atoms with Gasteiger partial charge < -0.3 is 4.42 Å². The molecule has 1 amide bonds. The number of furan rings is 1. The molecule has 21 heavy (non-hydrogen) atoms. The smallest absolute Gasteiger partial charge is 0.271 e. The molecule has 0 atom stereocenters. The molecule has 0 spiro atoms. The van der Waals surface area contributed by atoms with Gasteiger partial charge in [-0.1, -0.05) is 0 Å². The topological polar surface area (TPSA) is 97.7 Å². The molecule has 8 heteroatoms. The van der Waals surface area contributed by atoms with E-state index in [1.807, 2.05) is 0 Å². The Morgan fingerprint density at radius 1 is 1.43 bits per heavy atom. The molecule has 1 aromatic heterocycles. The van der Waals surface area contributed by atoms with Crippen LogP contribution in [0.2, 0.25) is 0 Å².